The third-order valence-electron chi connectivity index (χ3n) is 6.12. The van der Waals surface area contributed by atoms with E-state index in [9.17, 15) is 13.9 Å². The first kappa shape index (κ1) is 27.3. The quantitative estimate of drug-likeness (QED) is 0.260. The fraction of sp³-hybridized carbons (Fsp3) is 0.571. The molecular weight excluding hydrogens is 422 g/mol. The van der Waals surface area contributed by atoms with Crippen LogP contribution in [0.3, 0.4) is 0 Å². The van der Waals surface area contributed by atoms with E-state index in [-0.39, 0.29) is 12.5 Å². The third-order valence-corrected chi connectivity index (χ3v) is 6.12. The van der Waals surface area contributed by atoms with Gasteiger partial charge in [0.25, 0.3) is 0 Å². The summed E-state index contributed by atoms with van der Waals surface area (Å²) in [5.41, 5.74) is 2.15. The topological polar surface area (TPSA) is 38.7 Å². The SMILES string of the molecule is CCCCOc1ccc(CCCCC2=C(F)C(F)=C(CC(CCO)CCOC)CC=C2)cc1. The highest BCUT2D eigenvalue weighted by atomic mass is 19.2. The predicted octanol–water partition coefficient (Wildman–Crippen LogP) is 7.41. The van der Waals surface area contributed by atoms with Crippen molar-refractivity contribution in [1.82, 2.24) is 0 Å². The van der Waals surface area contributed by atoms with Crippen LogP contribution in [0.25, 0.3) is 0 Å². The van der Waals surface area contributed by atoms with Gasteiger partial charge in [-0.25, -0.2) is 8.78 Å². The van der Waals surface area contributed by atoms with Gasteiger partial charge in [0.2, 0.25) is 0 Å². The number of unbranched alkanes of at least 4 members (excludes halogenated alkanes) is 2. The van der Waals surface area contributed by atoms with Gasteiger partial charge in [0.15, 0.2) is 11.7 Å². The van der Waals surface area contributed by atoms with Crippen molar-refractivity contribution in [3.63, 3.8) is 0 Å². The number of aliphatic hydroxyl groups excluding tert-OH is 1. The highest BCUT2D eigenvalue weighted by Crippen LogP contribution is 2.34. The molecule has 2 rings (SSSR count). The largest absolute Gasteiger partial charge is 0.494 e. The van der Waals surface area contributed by atoms with Crippen LogP contribution in [0, 0.1) is 5.92 Å². The highest BCUT2D eigenvalue weighted by molar-refractivity contribution is 5.39. The minimum atomic E-state index is -0.721. The zero-order valence-electron chi connectivity index (χ0n) is 20.3. The maximum atomic E-state index is 14.9. The van der Waals surface area contributed by atoms with E-state index in [0.717, 1.165) is 50.9 Å². The molecule has 1 atom stereocenters. The summed E-state index contributed by atoms with van der Waals surface area (Å²) in [4.78, 5) is 0. The molecule has 1 aromatic rings. The summed E-state index contributed by atoms with van der Waals surface area (Å²) in [6, 6.07) is 8.15. The van der Waals surface area contributed by atoms with E-state index in [4.69, 9.17) is 9.47 Å². The molecule has 3 nitrogen and oxygen atoms in total. The summed E-state index contributed by atoms with van der Waals surface area (Å²) in [7, 11) is 1.62. The molecule has 0 aromatic heterocycles. The molecule has 184 valence electrons. The lowest BCUT2D eigenvalue weighted by Gasteiger charge is -2.17. The van der Waals surface area contributed by atoms with Crippen LogP contribution in [0.15, 0.2) is 59.2 Å². The Morgan fingerprint density at radius 2 is 1.73 bits per heavy atom. The Hall–Kier alpha value is -1.98. The maximum absolute atomic E-state index is 14.9. The van der Waals surface area contributed by atoms with Crippen LogP contribution in [-0.4, -0.2) is 32.0 Å². The number of halogens is 2. The predicted molar refractivity (Wildman–Crippen MR) is 131 cm³/mol. The van der Waals surface area contributed by atoms with Gasteiger partial charge in [0.1, 0.15) is 5.75 Å². The zero-order valence-corrected chi connectivity index (χ0v) is 20.3. The van der Waals surface area contributed by atoms with E-state index in [1.54, 1.807) is 13.2 Å². The van der Waals surface area contributed by atoms with Crippen molar-refractivity contribution >= 4 is 0 Å². The Bertz CT molecular complexity index is 781. The number of hydrogen-bond donors (Lipinski definition) is 1. The Morgan fingerprint density at radius 3 is 2.42 bits per heavy atom. The van der Waals surface area contributed by atoms with Gasteiger partial charge < -0.3 is 14.6 Å². The molecule has 0 saturated heterocycles. The normalized spacial score (nSPS) is 15.2. The van der Waals surface area contributed by atoms with Crippen LogP contribution in [-0.2, 0) is 11.2 Å². The molecule has 33 heavy (non-hydrogen) atoms. The molecule has 0 spiro atoms. The summed E-state index contributed by atoms with van der Waals surface area (Å²) in [6.45, 7) is 3.47. The standard InChI is InChI=1S/C28H40F2O3/c1-3-4-19-33-26-14-12-22(13-15-26)8-5-6-9-24-10-7-11-25(28(30)27(24)29)21-23(16-18-31)17-20-32-2/h7,10,12-15,23,31H,3-6,8-9,11,16-21H2,1-2H3. The molecule has 1 aromatic carbocycles. The number of benzene rings is 1. The van der Waals surface area contributed by atoms with Crippen molar-refractivity contribution in [2.45, 2.75) is 71.1 Å². The number of rotatable bonds is 16. The second kappa shape index (κ2) is 15.8. The van der Waals surface area contributed by atoms with Gasteiger partial charge in [-0.1, -0.05) is 37.6 Å². The Balaban J connectivity index is 1.87. The third kappa shape index (κ3) is 9.81. The minimum Gasteiger partial charge on any atom is -0.494 e. The zero-order chi connectivity index (χ0) is 23.9. The van der Waals surface area contributed by atoms with E-state index < -0.39 is 11.7 Å². The summed E-state index contributed by atoms with van der Waals surface area (Å²) in [6.07, 6.45) is 11.0. The average Bonchev–Trinajstić information content (AvgIpc) is 2.95. The van der Waals surface area contributed by atoms with E-state index in [2.05, 4.69) is 19.1 Å². The molecule has 0 amide bonds. The molecule has 5 heteroatoms. The van der Waals surface area contributed by atoms with Crippen LogP contribution in [0.4, 0.5) is 8.78 Å². The first-order chi connectivity index (χ1) is 16.1. The van der Waals surface area contributed by atoms with E-state index in [1.807, 2.05) is 18.2 Å². The fourth-order valence-electron chi connectivity index (χ4n) is 4.06. The van der Waals surface area contributed by atoms with Crippen molar-refractivity contribution < 1.29 is 23.4 Å². The average molecular weight is 463 g/mol. The lowest BCUT2D eigenvalue weighted by Crippen LogP contribution is -2.08. The molecule has 1 aliphatic carbocycles. The lowest BCUT2D eigenvalue weighted by atomic mass is 9.91. The monoisotopic (exact) mass is 462 g/mol. The van der Waals surface area contributed by atoms with Gasteiger partial charge in [-0.15, -0.1) is 0 Å². The van der Waals surface area contributed by atoms with Gasteiger partial charge in [0.05, 0.1) is 6.61 Å². The second-order valence-corrected chi connectivity index (χ2v) is 8.78. The van der Waals surface area contributed by atoms with Crippen LogP contribution >= 0.6 is 0 Å². The fourth-order valence-corrected chi connectivity index (χ4v) is 4.06. The molecule has 0 heterocycles. The number of ether oxygens (including phenoxy) is 2. The van der Waals surface area contributed by atoms with Gasteiger partial charge >= 0.3 is 0 Å². The Labute approximate surface area is 198 Å². The molecule has 1 unspecified atom stereocenters. The van der Waals surface area contributed by atoms with Crippen LogP contribution in [0.5, 0.6) is 5.75 Å². The first-order valence-electron chi connectivity index (χ1n) is 12.3. The van der Waals surface area contributed by atoms with Crippen LogP contribution in [0.2, 0.25) is 0 Å². The van der Waals surface area contributed by atoms with E-state index in [1.165, 1.54) is 5.56 Å². The first-order valence-corrected chi connectivity index (χ1v) is 12.3. The smallest absolute Gasteiger partial charge is 0.161 e. The summed E-state index contributed by atoms with van der Waals surface area (Å²) in [5, 5.41) is 9.29. The van der Waals surface area contributed by atoms with Crippen molar-refractivity contribution in [2.24, 2.45) is 5.92 Å². The van der Waals surface area contributed by atoms with E-state index >= 15 is 0 Å². The summed E-state index contributed by atoms with van der Waals surface area (Å²) < 4.78 is 40.6. The maximum Gasteiger partial charge on any atom is 0.161 e. The van der Waals surface area contributed by atoms with Crippen molar-refractivity contribution in [3.8, 4) is 5.75 Å². The molecule has 1 N–H and O–H groups in total. The van der Waals surface area contributed by atoms with Crippen molar-refractivity contribution in [3.05, 3.63) is 64.8 Å². The number of allylic oxidation sites excluding steroid dienone is 6. The number of aryl methyl sites for hydroxylation is 1. The van der Waals surface area contributed by atoms with Crippen molar-refractivity contribution in [1.29, 1.82) is 0 Å². The molecule has 0 radical (unpaired) electrons. The van der Waals surface area contributed by atoms with Gasteiger partial charge in [0, 0.05) is 20.3 Å². The summed E-state index contributed by atoms with van der Waals surface area (Å²) in [5.74, 6) is -0.456. The molecule has 0 aliphatic heterocycles. The Morgan fingerprint density at radius 1 is 0.970 bits per heavy atom. The van der Waals surface area contributed by atoms with Crippen LogP contribution < -0.4 is 4.74 Å². The number of methoxy groups -OCH3 is 1. The number of hydrogen-bond acceptors (Lipinski definition) is 3. The second-order valence-electron chi connectivity index (χ2n) is 8.78. The molecule has 0 fully saturated rings. The minimum absolute atomic E-state index is 0.0390. The van der Waals surface area contributed by atoms with E-state index in [0.29, 0.717) is 43.4 Å². The summed E-state index contributed by atoms with van der Waals surface area (Å²) >= 11 is 0. The van der Waals surface area contributed by atoms with Gasteiger partial charge in [-0.05, 0) is 92.5 Å². The van der Waals surface area contributed by atoms with Crippen molar-refractivity contribution in [2.75, 3.05) is 26.9 Å². The molecule has 0 saturated carbocycles. The Kier molecular flexibility index (Phi) is 13.0. The van der Waals surface area contributed by atoms with Gasteiger partial charge in [-0.3, -0.25) is 0 Å². The molecule has 1 aliphatic rings. The van der Waals surface area contributed by atoms with Gasteiger partial charge in [-0.2, -0.15) is 0 Å². The molecule has 0 bridgehead atoms. The highest BCUT2D eigenvalue weighted by Gasteiger charge is 2.20. The van der Waals surface area contributed by atoms with Crippen LogP contribution in [0.1, 0.15) is 70.3 Å². The number of aliphatic hydroxyl groups is 1. The molecular formula is C28H40F2O3. The lowest BCUT2D eigenvalue weighted by molar-refractivity contribution is 0.164.